The van der Waals surface area contributed by atoms with Gasteiger partial charge in [0.15, 0.2) is 0 Å². The number of carbonyl (C=O) groups is 3. The Kier molecular flexibility index (Phi) is 4.91. The molecule has 2 aliphatic heterocycles. The van der Waals surface area contributed by atoms with Crippen molar-refractivity contribution in [2.24, 2.45) is 0 Å². The average Bonchev–Trinajstić information content (AvgIpc) is 2.85. The molecule has 2 rings (SSSR count). The molecule has 1 unspecified atom stereocenters. The topological polar surface area (TPSA) is 88.2 Å². The highest BCUT2D eigenvalue weighted by Gasteiger charge is 2.30. The number of nitrogens with one attached hydrogen (secondary N) is 1. The number of carbonyl (C=O) groups excluding carboxylic acids is 3. The number of esters is 1. The number of rotatable bonds is 4. The van der Waals surface area contributed by atoms with E-state index in [4.69, 9.17) is 4.74 Å². The van der Waals surface area contributed by atoms with Crippen molar-refractivity contribution in [1.82, 2.24) is 15.1 Å². The maximum atomic E-state index is 12.0. The first kappa shape index (κ1) is 14.7. The molecule has 112 valence electrons. The summed E-state index contributed by atoms with van der Waals surface area (Å²) in [7, 11) is 1.33. The second-order valence-electron chi connectivity index (χ2n) is 4.79. The summed E-state index contributed by atoms with van der Waals surface area (Å²) in [4.78, 5) is 37.7. The van der Waals surface area contributed by atoms with Crippen molar-refractivity contribution in [3.63, 3.8) is 0 Å². The van der Waals surface area contributed by atoms with Gasteiger partial charge in [0.25, 0.3) is 0 Å². The molecule has 0 aromatic carbocycles. The lowest BCUT2D eigenvalue weighted by molar-refractivity contribution is -0.146. The Hall–Kier alpha value is -1.67. The molecule has 2 heterocycles. The fourth-order valence-electron chi connectivity index (χ4n) is 2.30. The van der Waals surface area contributed by atoms with Crippen LogP contribution in [0.25, 0.3) is 0 Å². The van der Waals surface area contributed by atoms with Crippen molar-refractivity contribution >= 4 is 17.9 Å². The SMILES string of the molecule is COC(=O)CC1CN(CC(=O)N2CCNC2=O)CCO1. The summed E-state index contributed by atoms with van der Waals surface area (Å²) < 4.78 is 10.1. The highest BCUT2D eigenvalue weighted by Crippen LogP contribution is 2.10. The molecule has 8 nitrogen and oxygen atoms in total. The van der Waals surface area contributed by atoms with Gasteiger partial charge in [-0.05, 0) is 0 Å². The molecule has 0 radical (unpaired) electrons. The number of ether oxygens (including phenoxy) is 2. The lowest BCUT2D eigenvalue weighted by Crippen LogP contribution is -2.48. The molecule has 2 fully saturated rings. The maximum absolute atomic E-state index is 12.0. The van der Waals surface area contributed by atoms with E-state index < -0.39 is 0 Å². The van der Waals surface area contributed by atoms with Gasteiger partial charge in [0.1, 0.15) is 0 Å². The molecular weight excluding hydrogens is 266 g/mol. The Bertz CT molecular complexity index is 401. The van der Waals surface area contributed by atoms with E-state index in [0.717, 1.165) is 0 Å². The molecule has 1 atom stereocenters. The Morgan fingerprint density at radius 2 is 2.25 bits per heavy atom. The zero-order chi connectivity index (χ0) is 14.5. The molecule has 8 heteroatoms. The number of morpholine rings is 1. The minimum absolute atomic E-state index is 0.161. The minimum atomic E-state index is -0.339. The fourth-order valence-corrected chi connectivity index (χ4v) is 2.30. The Balaban J connectivity index is 1.81. The molecule has 0 aromatic rings. The number of hydrogen-bond acceptors (Lipinski definition) is 6. The zero-order valence-corrected chi connectivity index (χ0v) is 11.5. The summed E-state index contributed by atoms with van der Waals surface area (Å²) in [6.45, 7) is 2.62. The number of methoxy groups -OCH3 is 1. The molecule has 0 spiro atoms. The van der Waals surface area contributed by atoms with Crippen LogP contribution in [0.15, 0.2) is 0 Å². The van der Waals surface area contributed by atoms with Gasteiger partial charge in [-0.1, -0.05) is 0 Å². The molecule has 0 aliphatic carbocycles. The molecule has 3 amide bonds. The second kappa shape index (κ2) is 6.67. The predicted molar refractivity (Wildman–Crippen MR) is 67.9 cm³/mol. The van der Waals surface area contributed by atoms with E-state index in [2.05, 4.69) is 10.1 Å². The molecular formula is C12H19N3O5. The first-order chi connectivity index (χ1) is 9.60. The van der Waals surface area contributed by atoms with E-state index in [9.17, 15) is 14.4 Å². The third-order valence-corrected chi connectivity index (χ3v) is 3.36. The van der Waals surface area contributed by atoms with Crippen molar-refractivity contribution < 1.29 is 23.9 Å². The van der Waals surface area contributed by atoms with Crippen molar-refractivity contribution in [2.75, 3.05) is 46.4 Å². The van der Waals surface area contributed by atoms with Gasteiger partial charge in [-0.3, -0.25) is 19.4 Å². The van der Waals surface area contributed by atoms with Gasteiger partial charge in [0.2, 0.25) is 5.91 Å². The third kappa shape index (κ3) is 3.67. The molecule has 0 aromatic heterocycles. The Labute approximate surface area is 117 Å². The molecule has 20 heavy (non-hydrogen) atoms. The first-order valence-electron chi connectivity index (χ1n) is 6.59. The van der Waals surface area contributed by atoms with Gasteiger partial charge in [0, 0.05) is 26.2 Å². The second-order valence-corrected chi connectivity index (χ2v) is 4.79. The summed E-state index contributed by atoms with van der Waals surface area (Å²) in [5, 5.41) is 2.59. The van der Waals surface area contributed by atoms with Crippen molar-refractivity contribution in [3.8, 4) is 0 Å². The summed E-state index contributed by atoms with van der Waals surface area (Å²) in [5.41, 5.74) is 0. The van der Waals surface area contributed by atoms with Crippen LogP contribution in [0.5, 0.6) is 0 Å². The predicted octanol–water partition coefficient (Wildman–Crippen LogP) is -1.20. The molecule has 2 aliphatic rings. The summed E-state index contributed by atoms with van der Waals surface area (Å²) in [5.74, 6) is -0.555. The van der Waals surface area contributed by atoms with Crippen molar-refractivity contribution in [1.29, 1.82) is 0 Å². The lowest BCUT2D eigenvalue weighted by atomic mass is 10.2. The van der Waals surface area contributed by atoms with Crippen LogP contribution in [0.4, 0.5) is 4.79 Å². The monoisotopic (exact) mass is 285 g/mol. The van der Waals surface area contributed by atoms with Crippen LogP contribution in [0, 0.1) is 0 Å². The number of imide groups is 1. The Morgan fingerprint density at radius 1 is 1.45 bits per heavy atom. The molecule has 0 saturated carbocycles. The quantitative estimate of drug-likeness (QED) is 0.653. The molecule has 1 N–H and O–H groups in total. The number of urea groups is 1. The standard InChI is InChI=1S/C12H19N3O5/c1-19-11(17)6-9-7-14(4-5-20-9)8-10(16)15-3-2-13-12(15)18/h9H,2-8H2,1H3,(H,13,18). The normalized spacial score (nSPS) is 23.6. The lowest BCUT2D eigenvalue weighted by Gasteiger charge is -2.32. The number of hydrogen-bond donors (Lipinski definition) is 1. The van der Waals surface area contributed by atoms with Gasteiger partial charge < -0.3 is 14.8 Å². The maximum Gasteiger partial charge on any atom is 0.324 e. The highest BCUT2D eigenvalue weighted by molar-refractivity contribution is 5.96. The van der Waals surface area contributed by atoms with E-state index in [1.165, 1.54) is 12.0 Å². The van der Waals surface area contributed by atoms with E-state index >= 15 is 0 Å². The van der Waals surface area contributed by atoms with Gasteiger partial charge in [-0.2, -0.15) is 0 Å². The smallest absolute Gasteiger partial charge is 0.324 e. The Morgan fingerprint density at radius 3 is 2.90 bits per heavy atom. The van der Waals surface area contributed by atoms with E-state index in [0.29, 0.717) is 32.8 Å². The van der Waals surface area contributed by atoms with Crippen LogP contribution >= 0.6 is 0 Å². The highest BCUT2D eigenvalue weighted by atomic mass is 16.5. The van der Waals surface area contributed by atoms with E-state index in [1.54, 1.807) is 0 Å². The fraction of sp³-hybridized carbons (Fsp3) is 0.750. The number of amides is 3. The third-order valence-electron chi connectivity index (χ3n) is 3.36. The van der Waals surface area contributed by atoms with Crippen molar-refractivity contribution in [3.05, 3.63) is 0 Å². The van der Waals surface area contributed by atoms with Gasteiger partial charge in [-0.25, -0.2) is 4.79 Å². The van der Waals surface area contributed by atoms with Crippen molar-refractivity contribution in [2.45, 2.75) is 12.5 Å². The van der Waals surface area contributed by atoms with Crippen LogP contribution in [-0.4, -0.2) is 80.3 Å². The van der Waals surface area contributed by atoms with Gasteiger partial charge in [-0.15, -0.1) is 0 Å². The van der Waals surface area contributed by atoms with Crippen LogP contribution < -0.4 is 5.32 Å². The minimum Gasteiger partial charge on any atom is -0.469 e. The summed E-state index contributed by atoms with van der Waals surface area (Å²) in [6, 6.07) is -0.339. The first-order valence-corrected chi connectivity index (χ1v) is 6.59. The van der Waals surface area contributed by atoms with Crippen LogP contribution in [0.2, 0.25) is 0 Å². The molecule has 2 saturated heterocycles. The number of nitrogens with zero attached hydrogens (tertiary/aromatic N) is 2. The summed E-state index contributed by atoms with van der Waals surface area (Å²) in [6.07, 6.45) is -0.0952. The zero-order valence-electron chi connectivity index (χ0n) is 11.5. The van der Waals surface area contributed by atoms with Crippen LogP contribution in [-0.2, 0) is 19.1 Å². The van der Waals surface area contributed by atoms with E-state index in [-0.39, 0.29) is 37.0 Å². The largest absolute Gasteiger partial charge is 0.469 e. The molecule has 0 bridgehead atoms. The van der Waals surface area contributed by atoms with Crippen LogP contribution in [0.3, 0.4) is 0 Å². The van der Waals surface area contributed by atoms with Gasteiger partial charge >= 0.3 is 12.0 Å². The van der Waals surface area contributed by atoms with Gasteiger partial charge in [0.05, 0.1) is 32.8 Å². The van der Waals surface area contributed by atoms with E-state index in [1.807, 2.05) is 4.90 Å². The average molecular weight is 285 g/mol. The summed E-state index contributed by atoms with van der Waals surface area (Å²) >= 11 is 0. The van der Waals surface area contributed by atoms with Crippen LogP contribution in [0.1, 0.15) is 6.42 Å².